The van der Waals surface area contributed by atoms with Gasteiger partial charge in [-0.25, -0.2) is 4.90 Å². The van der Waals surface area contributed by atoms with E-state index in [9.17, 15) is 9.59 Å². The van der Waals surface area contributed by atoms with Crippen molar-refractivity contribution in [2.45, 2.75) is 13.8 Å². The van der Waals surface area contributed by atoms with Gasteiger partial charge in [0.15, 0.2) is 0 Å². The summed E-state index contributed by atoms with van der Waals surface area (Å²) in [5, 5.41) is 0. The van der Waals surface area contributed by atoms with Crippen molar-refractivity contribution in [1.29, 1.82) is 0 Å². The molecule has 0 radical (unpaired) electrons. The zero-order valence-electron chi connectivity index (χ0n) is 12.5. The largest absolute Gasteiger partial charge is 0.333 e. The standard InChI is InChI=1S/C14H9NO2.C2H6.CH5N/c16-13-11-8-4-5-9-12(11)14(17)15(13)10-6-2-1-3-7-10;2*1-2/h1-9H;1-2H3;2H2,1H3. The van der Waals surface area contributed by atoms with Crippen molar-refractivity contribution in [3.8, 4) is 0 Å². The van der Waals surface area contributed by atoms with Gasteiger partial charge in [-0.2, -0.15) is 0 Å². The van der Waals surface area contributed by atoms with Gasteiger partial charge >= 0.3 is 0 Å². The van der Waals surface area contributed by atoms with Crippen LogP contribution in [0, 0.1) is 0 Å². The van der Waals surface area contributed by atoms with Crippen LogP contribution < -0.4 is 10.6 Å². The molecule has 2 aromatic rings. The van der Waals surface area contributed by atoms with Crippen molar-refractivity contribution in [3.63, 3.8) is 0 Å². The van der Waals surface area contributed by atoms with Crippen LogP contribution in [-0.2, 0) is 0 Å². The fourth-order valence-electron chi connectivity index (χ4n) is 2.00. The molecule has 0 atom stereocenters. The number of rotatable bonds is 1. The van der Waals surface area contributed by atoms with E-state index < -0.39 is 0 Å². The number of nitrogens with zero attached hydrogens (tertiary/aromatic N) is 1. The molecule has 1 aliphatic rings. The topological polar surface area (TPSA) is 63.4 Å². The van der Waals surface area contributed by atoms with Gasteiger partial charge in [-0.3, -0.25) is 9.59 Å². The zero-order valence-corrected chi connectivity index (χ0v) is 12.5. The SMILES string of the molecule is CC.CN.O=C1c2ccccc2C(=O)N1c1ccccc1. The van der Waals surface area contributed by atoms with Crippen molar-refractivity contribution < 1.29 is 9.59 Å². The Morgan fingerprint density at radius 3 is 1.52 bits per heavy atom. The average Bonchev–Trinajstić information content (AvgIpc) is 2.84. The van der Waals surface area contributed by atoms with E-state index in [4.69, 9.17) is 0 Å². The molecule has 0 saturated heterocycles. The van der Waals surface area contributed by atoms with Crippen LogP contribution in [0.25, 0.3) is 0 Å². The lowest BCUT2D eigenvalue weighted by Crippen LogP contribution is -2.29. The lowest BCUT2D eigenvalue weighted by atomic mass is 10.1. The minimum absolute atomic E-state index is 0.253. The normalized spacial score (nSPS) is 11.9. The lowest BCUT2D eigenvalue weighted by molar-refractivity contribution is 0.0926. The Hall–Kier alpha value is -2.46. The smallest absolute Gasteiger partial charge is 0.266 e. The van der Waals surface area contributed by atoms with Crippen molar-refractivity contribution >= 4 is 17.5 Å². The highest BCUT2D eigenvalue weighted by molar-refractivity contribution is 6.34. The Morgan fingerprint density at radius 2 is 1.10 bits per heavy atom. The van der Waals surface area contributed by atoms with Crippen LogP contribution in [0.5, 0.6) is 0 Å². The van der Waals surface area contributed by atoms with Crippen LogP contribution in [0.4, 0.5) is 5.69 Å². The second kappa shape index (κ2) is 7.97. The first-order valence-electron chi connectivity index (χ1n) is 6.89. The number of fused-ring (bicyclic) bond motifs is 1. The van der Waals surface area contributed by atoms with Gasteiger partial charge in [0.25, 0.3) is 11.8 Å². The molecule has 0 saturated carbocycles. The van der Waals surface area contributed by atoms with Crippen LogP contribution >= 0.6 is 0 Å². The number of para-hydroxylation sites is 1. The number of anilines is 1. The number of hydrogen-bond donors (Lipinski definition) is 1. The van der Waals surface area contributed by atoms with Gasteiger partial charge in [0.05, 0.1) is 16.8 Å². The molecule has 21 heavy (non-hydrogen) atoms. The minimum atomic E-state index is -0.253. The maximum atomic E-state index is 12.1. The van der Waals surface area contributed by atoms with Crippen LogP contribution in [0.15, 0.2) is 54.6 Å². The van der Waals surface area contributed by atoms with Crippen molar-refractivity contribution in [2.75, 3.05) is 11.9 Å². The molecule has 2 amide bonds. The summed E-state index contributed by atoms with van der Waals surface area (Å²) < 4.78 is 0. The van der Waals surface area contributed by atoms with Gasteiger partial charge in [-0.1, -0.05) is 44.2 Å². The molecular weight excluding hydrogens is 264 g/mol. The number of amides is 2. The first-order valence-corrected chi connectivity index (χ1v) is 6.89. The molecule has 2 N–H and O–H groups in total. The molecule has 0 bridgehead atoms. The van der Waals surface area contributed by atoms with Gasteiger partial charge in [0.2, 0.25) is 0 Å². The van der Waals surface area contributed by atoms with Crippen LogP contribution in [-0.4, -0.2) is 18.9 Å². The Morgan fingerprint density at radius 1 is 0.714 bits per heavy atom. The number of carbonyl (C=O) groups is 2. The first kappa shape index (κ1) is 16.6. The highest BCUT2D eigenvalue weighted by atomic mass is 16.2. The molecule has 0 aromatic heterocycles. The Balaban J connectivity index is 0.000000510. The van der Waals surface area contributed by atoms with Gasteiger partial charge in [-0.05, 0) is 31.3 Å². The van der Waals surface area contributed by atoms with E-state index in [0.29, 0.717) is 16.8 Å². The predicted molar refractivity (Wildman–Crippen MR) is 85.5 cm³/mol. The van der Waals surface area contributed by atoms with Crippen LogP contribution in [0.3, 0.4) is 0 Å². The van der Waals surface area contributed by atoms with Gasteiger partial charge in [0.1, 0.15) is 0 Å². The summed E-state index contributed by atoms with van der Waals surface area (Å²) in [4.78, 5) is 25.4. The highest BCUT2D eigenvalue weighted by Crippen LogP contribution is 2.27. The Bertz CT molecular complexity index is 574. The molecule has 4 heteroatoms. The average molecular weight is 284 g/mol. The van der Waals surface area contributed by atoms with Gasteiger partial charge < -0.3 is 5.73 Å². The molecule has 1 aliphatic heterocycles. The molecular formula is C17H20N2O2. The van der Waals surface area contributed by atoms with E-state index in [1.807, 2.05) is 19.9 Å². The fourth-order valence-corrected chi connectivity index (χ4v) is 2.00. The summed E-state index contributed by atoms with van der Waals surface area (Å²) >= 11 is 0. The molecule has 0 fully saturated rings. The summed E-state index contributed by atoms with van der Waals surface area (Å²) in [5.41, 5.74) is 6.06. The number of carbonyl (C=O) groups excluding carboxylic acids is 2. The van der Waals surface area contributed by atoms with E-state index >= 15 is 0 Å². The fraction of sp³-hybridized carbons (Fsp3) is 0.176. The van der Waals surface area contributed by atoms with E-state index in [1.165, 1.54) is 11.9 Å². The zero-order chi connectivity index (χ0) is 15.8. The van der Waals surface area contributed by atoms with E-state index in [-0.39, 0.29) is 11.8 Å². The maximum absolute atomic E-state index is 12.1. The number of benzene rings is 2. The summed E-state index contributed by atoms with van der Waals surface area (Å²) in [6.07, 6.45) is 0. The number of hydrogen-bond acceptors (Lipinski definition) is 3. The predicted octanol–water partition coefficient (Wildman–Crippen LogP) is 3.09. The van der Waals surface area contributed by atoms with Gasteiger partial charge in [-0.15, -0.1) is 0 Å². The third-order valence-electron chi connectivity index (χ3n) is 2.81. The van der Waals surface area contributed by atoms with Crippen LogP contribution in [0.1, 0.15) is 34.6 Å². The summed E-state index contributed by atoms with van der Waals surface area (Å²) in [7, 11) is 1.50. The third-order valence-corrected chi connectivity index (χ3v) is 2.81. The first-order chi connectivity index (χ1) is 10.3. The number of nitrogens with two attached hydrogens (primary N) is 1. The quantitative estimate of drug-likeness (QED) is 0.818. The van der Waals surface area contributed by atoms with Crippen LogP contribution in [0.2, 0.25) is 0 Å². The van der Waals surface area contributed by atoms with Crippen molar-refractivity contribution in [2.24, 2.45) is 5.73 Å². The minimum Gasteiger partial charge on any atom is -0.333 e. The molecule has 0 spiro atoms. The maximum Gasteiger partial charge on any atom is 0.266 e. The number of imide groups is 1. The third kappa shape index (κ3) is 3.17. The van der Waals surface area contributed by atoms with Crippen molar-refractivity contribution in [1.82, 2.24) is 0 Å². The monoisotopic (exact) mass is 284 g/mol. The molecule has 1 heterocycles. The molecule has 4 nitrogen and oxygen atoms in total. The summed E-state index contributed by atoms with van der Waals surface area (Å²) in [6.45, 7) is 4.00. The Labute approximate surface area is 125 Å². The molecule has 0 unspecified atom stereocenters. The molecule has 2 aromatic carbocycles. The Kier molecular flexibility index (Phi) is 6.30. The van der Waals surface area contributed by atoms with Crippen molar-refractivity contribution in [3.05, 3.63) is 65.7 Å². The van der Waals surface area contributed by atoms with E-state index in [0.717, 1.165) is 0 Å². The molecule has 3 rings (SSSR count). The van der Waals surface area contributed by atoms with E-state index in [2.05, 4.69) is 5.73 Å². The highest BCUT2D eigenvalue weighted by Gasteiger charge is 2.35. The molecule has 0 aliphatic carbocycles. The second-order valence-corrected chi connectivity index (χ2v) is 3.83. The van der Waals surface area contributed by atoms with Gasteiger partial charge in [0, 0.05) is 0 Å². The molecule has 110 valence electrons. The summed E-state index contributed by atoms with van der Waals surface area (Å²) in [5.74, 6) is -0.506. The second-order valence-electron chi connectivity index (χ2n) is 3.83. The summed E-state index contributed by atoms with van der Waals surface area (Å²) in [6, 6.07) is 15.8. The van der Waals surface area contributed by atoms with E-state index in [1.54, 1.807) is 48.5 Å². The lowest BCUT2D eigenvalue weighted by Gasteiger charge is -2.13.